The van der Waals surface area contributed by atoms with E-state index in [2.05, 4.69) is 5.32 Å². The molecule has 1 aliphatic heterocycles. The van der Waals surface area contributed by atoms with Gasteiger partial charge in [0.25, 0.3) is 15.7 Å². The fraction of sp³-hybridized carbons (Fsp3) is 0.364. The molecule has 0 atom stereocenters. The van der Waals surface area contributed by atoms with E-state index in [0.717, 1.165) is 6.07 Å². The van der Waals surface area contributed by atoms with E-state index in [1.54, 1.807) is 6.92 Å². The Morgan fingerprint density at radius 1 is 1.40 bits per heavy atom. The highest BCUT2D eigenvalue weighted by molar-refractivity contribution is 7.89. The van der Waals surface area contributed by atoms with Crippen molar-refractivity contribution in [2.45, 2.75) is 11.8 Å². The summed E-state index contributed by atoms with van der Waals surface area (Å²) in [5.74, 6) is -0.619. The van der Waals surface area contributed by atoms with Crippen LogP contribution >= 0.6 is 0 Å². The number of rotatable bonds is 3. The molecule has 1 aromatic carbocycles. The van der Waals surface area contributed by atoms with Crippen LogP contribution < -0.4 is 5.32 Å². The fourth-order valence-electron chi connectivity index (χ4n) is 1.95. The van der Waals surface area contributed by atoms with Crippen LogP contribution in [0.5, 0.6) is 0 Å². The quantitative estimate of drug-likeness (QED) is 0.622. The first-order chi connectivity index (χ1) is 9.34. The van der Waals surface area contributed by atoms with Crippen LogP contribution in [0, 0.1) is 17.0 Å². The summed E-state index contributed by atoms with van der Waals surface area (Å²) in [6.45, 7) is 1.81. The molecule has 8 nitrogen and oxygen atoms in total. The first-order valence-electron chi connectivity index (χ1n) is 5.85. The second-order valence-electron chi connectivity index (χ2n) is 4.38. The Labute approximate surface area is 115 Å². The molecule has 1 N–H and O–H groups in total. The summed E-state index contributed by atoms with van der Waals surface area (Å²) in [7, 11) is -4.20. The van der Waals surface area contributed by atoms with Gasteiger partial charge in [0.05, 0.1) is 11.5 Å². The van der Waals surface area contributed by atoms with Crippen molar-refractivity contribution < 1.29 is 18.1 Å². The van der Waals surface area contributed by atoms with Gasteiger partial charge in [-0.05, 0) is 18.6 Å². The Kier molecular flexibility index (Phi) is 3.73. The highest BCUT2D eigenvalue weighted by Gasteiger charge is 2.35. The smallest absolute Gasteiger partial charge is 0.290 e. The molecular formula is C11H13N3O5S. The highest BCUT2D eigenvalue weighted by Crippen LogP contribution is 2.28. The van der Waals surface area contributed by atoms with E-state index in [9.17, 15) is 23.3 Å². The van der Waals surface area contributed by atoms with Crippen molar-refractivity contribution in [2.75, 3.05) is 19.6 Å². The monoisotopic (exact) mass is 299 g/mol. The number of hydrogen-bond donors (Lipinski definition) is 1. The average molecular weight is 299 g/mol. The Balaban J connectivity index is 2.54. The SMILES string of the molecule is Cc1ccc(S(=O)(=O)N2CCNCC2=O)c([N+](=O)[O-])c1. The van der Waals surface area contributed by atoms with Crippen molar-refractivity contribution in [3.05, 3.63) is 33.9 Å². The topological polar surface area (TPSA) is 110 Å². The summed E-state index contributed by atoms with van der Waals surface area (Å²) in [4.78, 5) is 21.5. The summed E-state index contributed by atoms with van der Waals surface area (Å²) >= 11 is 0. The Morgan fingerprint density at radius 3 is 2.70 bits per heavy atom. The van der Waals surface area contributed by atoms with Crippen LogP contribution in [-0.4, -0.2) is 43.2 Å². The number of nitrogens with zero attached hydrogens (tertiary/aromatic N) is 2. The molecule has 9 heteroatoms. The third-order valence-electron chi connectivity index (χ3n) is 2.93. The lowest BCUT2D eigenvalue weighted by atomic mass is 10.2. The van der Waals surface area contributed by atoms with Gasteiger partial charge in [-0.1, -0.05) is 6.07 Å². The Bertz CT molecular complexity index is 671. The number of nitro benzene ring substituents is 1. The lowest BCUT2D eigenvalue weighted by Crippen LogP contribution is -2.50. The molecule has 0 aliphatic carbocycles. The maximum absolute atomic E-state index is 12.4. The van der Waals surface area contributed by atoms with Crippen LogP contribution in [0.3, 0.4) is 0 Å². The summed E-state index contributed by atoms with van der Waals surface area (Å²) in [6, 6.07) is 3.81. The van der Waals surface area contributed by atoms with Gasteiger partial charge in [-0.25, -0.2) is 12.7 Å². The molecule has 0 unspecified atom stereocenters. The largest absolute Gasteiger partial charge is 0.307 e. The van der Waals surface area contributed by atoms with Gasteiger partial charge in [-0.3, -0.25) is 14.9 Å². The number of aryl methyl sites for hydroxylation is 1. The van der Waals surface area contributed by atoms with E-state index >= 15 is 0 Å². The van der Waals surface area contributed by atoms with Gasteiger partial charge in [-0.15, -0.1) is 0 Å². The van der Waals surface area contributed by atoms with Crippen molar-refractivity contribution >= 4 is 21.6 Å². The number of nitrogens with one attached hydrogen (secondary N) is 1. The number of piperazine rings is 1. The molecule has 0 bridgehead atoms. The molecule has 1 aromatic rings. The molecule has 1 heterocycles. The molecule has 0 saturated carbocycles. The fourth-order valence-corrected chi connectivity index (χ4v) is 3.49. The van der Waals surface area contributed by atoms with Gasteiger partial charge < -0.3 is 5.32 Å². The molecular weight excluding hydrogens is 286 g/mol. The predicted molar refractivity (Wildman–Crippen MR) is 69.6 cm³/mol. The second kappa shape index (κ2) is 5.17. The normalized spacial score (nSPS) is 16.2. The van der Waals surface area contributed by atoms with E-state index in [1.807, 2.05) is 0 Å². The lowest BCUT2D eigenvalue weighted by Gasteiger charge is -2.26. The molecule has 20 heavy (non-hydrogen) atoms. The summed E-state index contributed by atoms with van der Waals surface area (Å²) in [5, 5.41) is 13.8. The van der Waals surface area contributed by atoms with E-state index < -0.39 is 31.4 Å². The number of hydrogen-bond acceptors (Lipinski definition) is 6. The van der Waals surface area contributed by atoms with Gasteiger partial charge >= 0.3 is 0 Å². The van der Waals surface area contributed by atoms with E-state index in [-0.39, 0.29) is 13.1 Å². The standard InChI is InChI=1S/C11H13N3O5S/c1-8-2-3-10(9(6-8)14(16)17)20(18,19)13-5-4-12-7-11(13)15/h2-3,6,12H,4-5,7H2,1H3. The van der Waals surface area contributed by atoms with E-state index in [1.165, 1.54) is 12.1 Å². The molecule has 1 aliphatic rings. The zero-order valence-electron chi connectivity index (χ0n) is 10.7. The first-order valence-corrected chi connectivity index (χ1v) is 7.29. The molecule has 0 aromatic heterocycles. The van der Waals surface area contributed by atoms with Gasteiger partial charge in [0.2, 0.25) is 5.91 Å². The minimum absolute atomic E-state index is 0.0355. The zero-order chi connectivity index (χ0) is 14.9. The Morgan fingerprint density at radius 2 is 2.10 bits per heavy atom. The maximum atomic E-state index is 12.4. The molecule has 1 fully saturated rings. The van der Waals surface area contributed by atoms with Crippen LogP contribution in [0.2, 0.25) is 0 Å². The third-order valence-corrected chi connectivity index (χ3v) is 4.79. The highest BCUT2D eigenvalue weighted by atomic mass is 32.2. The summed E-state index contributed by atoms with van der Waals surface area (Å²) in [6.07, 6.45) is 0. The van der Waals surface area contributed by atoms with Gasteiger partial charge in [0.15, 0.2) is 4.90 Å². The molecule has 1 amide bonds. The molecule has 108 valence electrons. The van der Waals surface area contributed by atoms with Crippen LogP contribution in [0.1, 0.15) is 5.56 Å². The number of benzene rings is 1. The number of nitro groups is 1. The van der Waals surface area contributed by atoms with Crippen LogP contribution in [0.4, 0.5) is 5.69 Å². The molecule has 0 radical (unpaired) electrons. The molecule has 2 rings (SSSR count). The summed E-state index contributed by atoms with van der Waals surface area (Å²) < 4.78 is 25.5. The maximum Gasteiger partial charge on any atom is 0.290 e. The van der Waals surface area contributed by atoms with Gasteiger partial charge in [0.1, 0.15) is 0 Å². The molecule has 0 spiro atoms. The minimum Gasteiger partial charge on any atom is -0.307 e. The van der Waals surface area contributed by atoms with Crippen molar-refractivity contribution in [3.8, 4) is 0 Å². The van der Waals surface area contributed by atoms with Crippen molar-refractivity contribution in [1.29, 1.82) is 0 Å². The zero-order valence-corrected chi connectivity index (χ0v) is 11.5. The number of sulfonamides is 1. The van der Waals surface area contributed by atoms with Crippen LogP contribution in [0.25, 0.3) is 0 Å². The lowest BCUT2D eigenvalue weighted by molar-refractivity contribution is -0.387. The summed E-state index contributed by atoms with van der Waals surface area (Å²) in [5.41, 5.74) is 0.0543. The average Bonchev–Trinajstić information content (AvgIpc) is 2.38. The van der Waals surface area contributed by atoms with Crippen molar-refractivity contribution in [2.24, 2.45) is 0 Å². The minimum atomic E-state index is -4.20. The van der Waals surface area contributed by atoms with Crippen molar-refractivity contribution in [1.82, 2.24) is 9.62 Å². The number of carbonyl (C=O) groups excluding carboxylic acids is 1. The Hall–Kier alpha value is -2.00. The van der Waals surface area contributed by atoms with Crippen LogP contribution in [-0.2, 0) is 14.8 Å². The second-order valence-corrected chi connectivity index (χ2v) is 6.21. The van der Waals surface area contributed by atoms with Crippen LogP contribution in [0.15, 0.2) is 23.1 Å². The third kappa shape index (κ3) is 2.49. The van der Waals surface area contributed by atoms with E-state index in [4.69, 9.17) is 0 Å². The van der Waals surface area contributed by atoms with Crippen molar-refractivity contribution in [3.63, 3.8) is 0 Å². The molecule has 1 saturated heterocycles. The van der Waals surface area contributed by atoms with Gasteiger partial charge in [-0.2, -0.15) is 0 Å². The number of carbonyl (C=O) groups is 1. The first kappa shape index (κ1) is 14.4. The van der Waals surface area contributed by atoms with Gasteiger partial charge in [0, 0.05) is 19.2 Å². The number of amides is 1. The predicted octanol–water partition coefficient (Wildman–Crippen LogP) is 0.0237. The van der Waals surface area contributed by atoms with E-state index in [0.29, 0.717) is 16.4 Å².